The van der Waals surface area contributed by atoms with Crippen LogP contribution in [0.2, 0.25) is 20.1 Å². The quantitative estimate of drug-likeness (QED) is 0.0879. The highest BCUT2D eigenvalue weighted by molar-refractivity contribution is 7.95. The molecule has 12 nitrogen and oxygen atoms in total. The number of benzene rings is 5. The Morgan fingerprint density at radius 3 is 1.34 bits per heavy atom. The predicted octanol–water partition coefficient (Wildman–Crippen LogP) is 11.4. The summed E-state index contributed by atoms with van der Waals surface area (Å²) in [6, 6.07) is 30.1. The molecule has 0 spiro atoms. The number of hydrogen-bond acceptors (Lipinski definition) is 10. The summed E-state index contributed by atoms with van der Waals surface area (Å²) in [6.07, 6.45) is 0. The Labute approximate surface area is 385 Å². The summed E-state index contributed by atoms with van der Waals surface area (Å²) in [4.78, 5) is -0.586. The number of nitrogens with one attached hydrogen (secondary N) is 4. The fourth-order valence-corrected chi connectivity index (χ4v) is 12.5. The highest BCUT2D eigenvalue weighted by Gasteiger charge is 2.25. The van der Waals surface area contributed by atoms with E-state index in [1.54, 1.807) is 41.9 Å². The van der Waals surface area contributed by atoms with Crippen molar-refractivity contribution in [2.75, 3.05) is 18.9 Å². The normalized spacial score (nSPS) is 11.9. The maximum absolute atomic E-state index is 14.1. The van der Waals surface area contributed by atoms with Gasteiger partial charge in [-0.15, -0.1) is 22.7 Å². The SMILES string of the molecule is Cc1ccc(F)c(S(=O)(=O)Nc2cc(Cl)c(Cl)cc2NS(=O)(=O)c2cccs2)c1.O=S(=O)(Nc1cc(Cl)c(Cl)cc1NS(=O)(=O)c1cccs1)c1cccc(-c2ccccc2)c1. The van der Waals surface area contributed by atoms with Crippen LogP contribution in [0.5, 0.6) is 0 Å². The molecular formula is C39H29Cl4FN4O8S6. The van der Waals surface area contributed by atoms with E-state index in [0.29, 0.717) is 11.1 Å². The van der Waals surface area contributed by atoms with Gasteiger partial charge in [0.05, 0.1) is 47.7 Å². The number of rotatable bonds is 13. The molecule has 0 amide bonds. The van der Waals surface area contributed by atoms with Crippen LogP contribution >= 0.6 is 69.1 Å². The van der Waals surface area contributed by atoms with Gasteiger partial charge in [-0.1, -0.05) is 107 Å². The summed E-state index contributed by atoms with van der Waals surface area (Å²) in [5.41, 5.74) is 1.61. The van der Waals surface area contributed by atoms with Gasteiger partial charge in [-0.25, -0.2) is 38.1 Å². The molecule has 7 aromatic rings. The Morgan fingerprint density at radius 2 is 0.887 bits per heavy atom. The maximum atomic E-state index is 14.1. The van der Waals surface area contributed by atoms with E-state index in [1.165, 1.54) is 48.5 Å². The number of thiophene rings is 2. The molecule has 0 saturated carbocycles. The van der Waals surface area contributed by atoms with Gasteiger partial charge in [0.2, 0.25) is 0 Å². The molecule has 4 N–H and O–H groups in total. The number of halogens is 5. The van der Waals surface area contributed by atoms with Gasteiger partial charge in [0, 0.05) is 0 Å². The minimum absolute atomic E-state index is 0.000213. The summed E-state index contributed by atoms with van der Waals surface area (Å²) in [5, 5.41) is 3.30. The van der Waals surface area contributed by atoms with E-state index in [9.17, 15) is 38.1 Å². The third-order valence-electron chi connectivity index (χ3n) is 8.25. The van der Waals surface area contributed by atoms with Crippen molar-refractivity contribution in [1.29, 1.82) is 0 Å². The van der Waals surface area contributed by atoms with Gasteiger partial charge >= 0.3 is 0 Å². The third kappa shape index (κ3) is 11.4. The average Bonchev–Trinajstić information content (AvgIpc) is 3.97. The lowest BCUT2D eigenvalue weighted by atomic mass is 10.1. The number of hydrogen-bond donors (Lipinski definition) is 4. The van der Waals surface area contributed by atoms with Gasteiger partial charge < -0.3 is 0 Å². The Kier molecular flexibility index (Phi) is 14.5. The molecule has 0 bridgehead atoms. The van der Waals surface area contributed by atoms with Crippen LogP contribution < -0.4 is 18.9 Å². The van der Waals surface area contributed by atoms with Gasteiger partial charge in [-0.3, -0.25) is 18.9 Å². The molecule has 0 saturated heterocycles. The monoisotopic (exact) mass is 1030 g/mol. The zero-order valence-electron chi connectivity index (χ0n) is 31.3. The average molecular weight is 1030 g/mol. The lowest BCUT2D eigenvalue weighted by Crippen LogP contribution is -2.18. The van der Waals surface area contributed by atoms with Gasteiger partial charge in [0.25, 0.3) is 40.1 Å². The summed E-state index contributed by atoms with van der Waals surface area (Å²) in [5.74, 6) is -0.955. The van der Waals surface area contributed by atoms with Gasteiger partial charge in [-0.05, 0) is 95.0 Å². The molecule has 62 heavy (non-hydrogen) atoms. The molecule has 0 radical (unpaired) electrons. The molecule has 5 aromatic carbocycles. The number of sulfonamides is 4. The Bertz CT molecular complexity index is 3220. The van der Waals surface area contributed by atoms with E-state index in [1.807, 2.05) is 30.3 Å². The van der Waals surface area contributed by atoms with Crippen molar-refractivity contribution in [3.8, 4) is 11.1 Å². The van der Waals surface area contributed by atoms with Crippen LogP contribution in [-0.2, 0) is 40.1 Å². The Morgan fingerprint density at radius 1 is 0.452 bits per heavy atom. The fraction of sp³-hybridized carbons (Fsp3) is 0.0256. The van der Waals surface area contributed by atoms with Crippen molar-refractivity contribution < 1.29 is 38.1 Å². The zero-order valence-corrected chi connectivity index (χ0v) is 39.2. The zero-order chi connectivity index (χ0) is 45.0. The van der Waals surface area contributed by atoms with Crippen molar-refractivity contribution in [1.82, 2.24) is 0 Å². The second-order valence-electron chi connectivity index (χ2n) is 12.7. The van der Waals surface area contributed by atoms with Crippen LogP contribution in [0.15, 0.2) is 150 Å². The third-order valence-corrected chi connectivity index (χ3v) is 18.0. The summed E-state index contributed by atoms with van der Waals surface area (Å²) >= 11 is 26.1. The summed E-state index contributed by atoms with van der Waals surface area (Å²) < 4.78 is 126. The van der Waals surface area contributed by atoms with E-state index in [0.717, 1.165) is 46.4 Å². The minimum Gasteiger partial charge on any atom is -0.277 e. The van der Waals surface area contributed by atoms with Crippen LogP contribution in [0, 0.1) is 12.7 Å². The maximum Gasteiger partial charge on any atom is 0.271 e. The molecular weight excluding hydrogens is 1010 g/mol. The number of aryl methyl sites for hydroxylation is 1. The van der Waals surface area contributed by atoms with Crippen molar-refractivity contribution >= 4 is 132 Å². The first-order valence-corrected chi connectivity index (χ1v) is 26.4. The lowest BCUT2D eigenvalue weighted by molar-refractivity contribution is 0.569. The van der Waals surface area contributed by atoms with Crippen molar-refractivity contribution in [2.24, 2.45) is 0 Å². The van der Waals surface area contributed by atoms with Crippen LogP contribution in [0.25, 0.3) is 11.1 Å². The standard InChI is InChI=1S/C22H16Cl2N2O4S3.C17H13Cl2FN2O4S3/c23-18-13-20(21(14-19(18)24)26-33(29,30)22-10-5-11-31-22)25-32(27,28)17-9-4-8-16(12-17)15-6-2-1-3-7-15;1-10-4-5-13(20)16(7-10)28(23,24)21-14-8-11(18)12(19)9-15(14)22-29(25,26)17-3-2-6-27-17/h1-14,25-26H;2-9,21-22H,1H3. The van der Waals surface area contributed by atoms with E-state index in [4.69, 9.17) is 46.4 Å². The molecule has 324 valence electrons. The van der Waals surface area contributed by atoms with Crippen LogP contribution in [0.1, 0.15) is 5.56 Å². The second kappa shape index (κ2) is 19.1. The largest absolute Gasteiger partial charge is 0.277 e. The highest BCUT2D eigenvalue weighted by atomic mass is 35.5. The Hall–Kier alpha value is -4.41. The van der Waals surface area contributed by atoms with Crippen molar-refractivity contribution in [2.45, 2.75) is 25.1 Å². The predicted molar refractivity (Wildman–Crippen MR) is 248 cm³/mol. The fourth-order valence-electron chi connectivity index (χ4n) is 5.35. The Balaban J connectivity index is 0.000000209. The van der Waals surface area contributed by atoms with E-state index >= 15 is 0 Å². The van der Waals surface area contributed by atoms with E-state index in [-0.39, 0.29) is 56.2 Å². The minimum atomic E-state index is -4.39. The topological polar surface area (TPSA) is 185 Å². The van der Waals surface area contributed by atoms with E-state index in [2.05, 4.69) is 18.9 Å². The summed E-state index contributed by atoms with van der Waals surface area (Å²) in [7, 11) is -16.4. The first kappa shape index (κ1) is 47.1. The van der Waals surface area contributed by atoms with Crippen molar-refractivity contribution in [3.63, 3.8) is 0 Å². The van der Waals surface area contributed by atoms with Crippen molar-refractivity contribution in [3.05, 3.63) is 164 Å². The lowest BCUT2D eigenvalue weighted by Gasteiger charge is -2.16. The van der Waals surface area contributed by atoms with Gasteiger partial charge in [0.1, 0.15) is 19.1 Å². The first-order chi connectivity index (χ1) is 29.1. The van der Waals surface area contributed by atoms with Gasteiger partial charge in [0.15, 0.2) is 0 Å². The second-order valence-corrected chi connectivity index (χ2v) is 23.4. The van der Waals surface area contributed by atoms with E-state index < -0.39 is 50.8 Å². The number of anilines is 4. The van der Waals surface area contributed by atoms with Crippen LogP contribution in [0.4, 0.5) is 27.1 Å². The molecule has 0 atom stereocenters. The molecule has 7 rings (SSSR count). The molecule has 23 heteroatoms. The highest BCUT2D eigenvalue weighted by Crippen LogP contribution is 2.38. The molecule has 0 aliphatic carbocycles. The van der Waals surface area contributed by atoms with Gasteiger partial charge in [-0.2, -0.15) is 0 Å². The molecule has 0 aliphatic rings. The summed E-state index contributed by atoms with van der Waals surface area (Å²) in [6.45, 7) is 1.61. The van der Waals surface area contributed by atoms with Crippen LogP contribution in [0.3, 0.4) is 0 Å². The molecule has 2 heterocycles. The first-order valence-electron chi connectivity index (χ1n) is 17.2. The smallest absolute Gasteiger partial charge is 0.271 e. The van der Waals surface area contributed by atoms with Crippen LogP contribution in [-0.4, -0.2) is 33.7 Å². The molecule has 0 fully saturated rings. The molecule has 0 unspecified atom stereocenters. The molecule has 2 aromatic heterocycles. The molecule has 0 aliphatic heterocycles.